The minimum absolute atomic E-state index is 0.523. The molecule has 0 fully saturated rings. The van der Waals surface area contributed by atoms with Crippen LogP contribution in [0.15, 0.2) is 42.6 Å². The van der Waals surface area contributed by atoms with E-state index in [1.165, 1.54) is 6.20 Å². The highest BCUT2D eigenvalue weighted by molar-refractivity contribution is 5.84. The first-order valence-electron chi connectivity index (χ1n) is 4.18. The van der Waals surface area contributed by atoms with Crippen LogP contribution in [-0.4, -0.2) is 6.29 Å². The number of benzene rings is 1. The predicted molar refractivity (Wildman–Crippen MR) is 57.3 cm³/mol. The Kier molecular flexibility index (Phi) is 3.49. The van der Waals surface area contributed by atoms with Crippen LogP contribution < -0.4 is 11.5 Å². The second kappa shape index (κ2) is 4.87. The maximum atomic E-state index is 10.7. The zero-order valence-electron chi connectivity index (χ0n) is 7.68. The van der Waals surface area contributed by atoms with Crippen LogP contribution in [0.2, 0.25) is 0 Å². The van der Waals surface area contributed by atoms with E-state index >= 15 is 0 Å². The van der Waals surface area contributed by atoms with Crippen LogP contribution in [-0.2, 0) is 0 Å². The Labute approximate surface area is 82.7 Å². The van der Waals surface area contributed by atoms with Crippen LogP contribution in [0.25, 0.3) is 5.70 Å². The second-order valence-electron chi connectivity index (χ2n) is 2.71. The van der Waals surface area contributed by atoms with Crippen molar-refractivity contribution in [3.05, 3.63) is 53.7 Å². The molecule has 0 amide bonds. The molecule has 0 aliphatic heterocycles. The first-order valence-corrected chi connectivity index (χ1v) is 4.18. The number of allylic oxidation sites excluding steroid dienone is 2. The van der Waals surface area contributed by atoms with E-state index in [1.54, 1.807) is 30.4 Å². The fourth-order valence-corrected chi connectivity index (χ4v) is 1.11. The molecule has 0 aliphatic carbocycles. The first-order chi connectivity index (χ1) is 6.79. The quantitative estimate of drug-likeness (QED) is 0.554. The summed E-state index contributed by atoms with van der Waals surface area (Å²) in [6.07, 6.45) is 5.44. The fourth-order valence-electron chi connectivity index (χ4n) is 1.11. The van der Waals surface area contributed by atoms with Gasteiger partial charge in [0.1, 0.15) is 0 Å². The van der Waals surface area contributed by atoms with E-state index < -0.39 is 0 Å². The summed E-state index contributed by atoms with van der Waals surface area (Å²) in [5.74, 6) is 0. The Morgan fingerprint density at radius 2 is 2.00 bits per heavy atom. The largest absolute Gasteiger partial charge is 0.405 e. The normalized spacial score (nSPS) is 11.9. The molecule has 3 nitrogen and oxygen atoms in total. The highest BCUT2D eigenvalue weighted by atomic mass is 16.1. The summed E-state index contributed by atoms with van der Waals surface area (Å²) in [5, 5.41) is 0. The van der Waals surface area contributed by atoms with E-state index in [4.69, 9.17) is 11.5 Å². The van der Waals surface area contributed by atoms with Crippen molar-refractivity contribution in [2.24, 2.45) is 11.5 Å². The van der Waals surface area contributed by atoms with E-state index in [1.807, 2.05) is 6.07 Å². The molecule has 4 N–H and O–H groups in total. The molecule has 1 aromatic rings. The van der Waals surface area contributed by atoms with E-state index in [9.17, 15) is 4.79 Å². The van der Waals surface area contributed by atoms with Crippen molar-refractivity contribution in [3.63, 3.8) is 0 Å². The summed E-state index contributed by atoms with van der Waals surface area (Å²) < 4.78 is 0. The molecule has 72 valence electrons. The zero-order chi connectivity index (χ0) is 10.4. The Hall–Kier alpha value is -2.03. The number of nitrogens with two attached hydrogens (primary N) is 2. The van der Waals surface area contributed by atoms with Gasteiger partial charge in [-0.05, 0) is 18.4 Å². The van der Waals surface area contributed by atoms with Gasteiger partial charge in [0, 0.05) is 16.8 Å². The van der Waals surface area contributed by atoms with E-state index in [2.05, 4.69) is 0 Å². The highest BCUT2D eigenvalue weighted by Gasteiger charge is 2.01. The molecule has 0 aromatic heterocycles. The van der Waals surface area contributed by atoms with Gasteiger partial charge in [0.25, 0.3) is 0 Å². The summed E-state index contributed by atoms with van der Waals surface area (Å²) in [6.45, 7) is 0. The molecule has 0 radical (unpaired) electrons. The van der Waals surface area contributed by atoms with Crippen molar-refractivity contribution in [2.45, 2.75) is 0 Å². The van der Waals surface area contributed by atoms with Gasteiger partial charge in [-0.15, -0.1) is 0 Å². The average molecular weight is 188 g/mol. The van der Waals surface area contributed by atoms with Gasteiger partial charge in [0.05, 0.1) is 0 Å². The first kappa shape index (κ1) is 10.1. The third kappa shape index (κ3) is 2.23. The second-order valence-corrected chi connectivity index (χ2v) is 2.71. The van der Waals surface area contributed by atoms with Crippen molar-refractivity contribution in [1.82, 2.24) is 0 Å². The van der Waals surface area contributed by atoms with Crippen LogP contribution in [0.3, 0.4) is 0 Å². The highest BCUT2D eigenvalue weighted by Crippen LogP contribution is 2.13. The molecule has 0 unspecified atom stereocenters. The number of carbonyl (C=O) groups is 1. The standard InChI is InChI=1S/C11H12N2O/c12-7-3-6-11(13)10-5-2-1-4-9(10)8-14/h1-8H,12-13H2/b7-3-,11-6-. The Morgan fingerprint density at radius 3 is 2.64 bits per heavy atom. The summed E-state index contributed by atoms with van der Waals surface area (Å²) in [5.41, 5.74) is 12.7. The maximum absolute atomic E-state index is 10.7. The van der Waals surface area contributed by atoms with Crippen LogP contribution in [0.5, 0.6) is 0 Å². The Bertz CT molecular complexity index is 381. The van der Waals surface area contributed by atoms with Gasteiger partial charge < -0.3 is 11.5 Å². The molecule has 0 atom stereocenters. The zero-order valence-corrected chi connectivity index (χ0v) is 7.68. The number of carbonyl (C=O) groups excluding carboxylic acids is 1. The predicted octanol–water partition coefficient (Wildman–Crippen LogP) is 1.27. The minimum Gasteiger partial charge on any atom is -0.405 e. The lowest BCUT2D eigenvalue weighted by Gasteiger charge is -2.03. The SMILES string of the molecule is N/C=C\C=C(/N)c1ccccc1C=O. The van der Waals surface area contributed by atoms with Crippen molar-refractivity contribution < 1.29 is 4.79 Å². The molecule has 0 aliphatic rings. The van der Waals surface area contributed by atoms with Gasteiger partial charge in [-0.2, -0.15) is 0 Å². The van der Waals surface area contributed by atoms with Crippen molar-refractivity contribution in [3.8, 4) is 0 Å². The van der Waals surface area contributed by atoms with Crippen molar-refractivity contribution >= 4 is 12.0 Å². The molecule has 3 heteroatoms. The lowest BCUT2D eigenvalue weighted by Crippen LogP contribution is -1.99. The monoisotopic (exact) mass is 188 g/mol. The molecular weight excluding hydrogens is 176 g/mol. The smallest absolute Gasteiger partial charge is 0.150 e. The third-order valence-electron chi connectivity index (χ3n) is 1.79. The van der Waals surface area contributed by atoms with Gasteiger partial charge in [0.15, 0.2) is 6.29 Å². The topological polar surface area (TPSA) is 69.1 Å². The number of hydrogen-bond donors (Lipinski definition) is 2. The fraction of sp³-hybridized carbons (Fsp3) is 0. The molecular formula is C11H12N2O. The van der Waals surface area contributed by atoms with E-state index in [0.717, 1.165) is 11.8 Å². The summed E-state index contributed by atoms with van der Waals surface area (Å²) in [6, 6.07) is 7.13. The van der Waals surface area contributed by atoms with Gasteiger partial charge in [0.2, 0.25) is 0 Å². The molecule has 0 saturated carbocycles. The molecule has 0 saturated heterocycles. The summed E-state index contributed by atoms with van der Waals surface area (Å²) >= 11 is 0. The van der Waals surface area contributed by atoms with Crippen LogP contribution in [0.1, 0.15) is 15.9 Å². The molecule has 0 heterocycles. The average Bonchev–Trinajstić information content (AvgIpc) is 2.25. The van der Waals surface area contributed by atoms with E-state index in [-0.39, 0.29) is 0 Å². The van der Waals surface area contributed by atoms with Crippen LogP contribution in [0.4, 0.5) is 0 Å². The van der Waals surface area contributed by atoms with Gasteiger partial charge in [-0.25, -0.2) is 0 Å². The summed E-state index contributed by atoms with van der Waals surface area (Å²) in [4.78, 5) is 10.7. The van der Waals surface area contributed by atoms with Gasteiger partial charge in [-0.3, -0.25) is 4.79 Å². The Balaban J connectivity index is 3.11. The molecule has 14 heavy (non-hydrogen) atoms. The minimum atomic E-state index is 0.523. The van der Waals surface area contributed by atoms with Crippen molar-refractivity contribution in [2.75, 3.05) is 0 Å². The lowest BCUT2D eigenvalue weighted by atomic mass is 10.1. The van der Waals surface area contributed by atoms with Crippen LogP contribution in [0, 0.1) is 0 Å². The van der Waals surface area contributed by atoms with Crippen molar-refractivity contribution in [1.29, 1.82) is 0 Å². The Morgan fingerprint density at radius 1 is 1.29 bits per heavy atom. The van der Waals surface area contributed by atoms with E-state index in [0.29, 0.717) is 11.3 Å². The number of hydrogen-bond acceptors (Lipinski definition) is 3. The molecule has 0 bridgehead atoms. The molecule has 1 rings (SSSR count). The molecule has 1 aromatic carbocycles. The van der Waals surface area contributed by atoms with Gasteiger partial charge >= 0.3 is 0 Å². The third-order valence-corrected chi connectivity index (χ3v) is 1.79. The molecule has 0 spiro atoms. The number of aldehydes is 1. The lowest BCUT2D eigenvalue weighted by molar-refractivity contribution is 0.112. The summed E-state index contributed by atoms with van der Waals surface area (Å²) in [7, 11) is 0. The number of rotatable bonds is 3. The van der Waals surface area contributed by atoms with Crippen LogP contribution >= 0.6 is 0 Å². The van der Waals surface area contributed by atoms with Gasteiger partial charge in [-0.1, -0.05) is 24.3 Å². The maximum Gasteiger partial charge on any atom is 0.150 e.